The predicted octanol–water partition coefficient (Wildman–Crippen LogP) is 5.09. The number of rotatable bonds is 3. The van der Waals surface area contributed by atoms with E-state index in [-0.39, 0.29) is 6.79 Å². The zero-order valence-electron chi connectivity index (χ0n) is 15.5. The van der Waals surface area contributed by atoms with E-state index in [1.807, 2.05) is 36.4 Å². The quantitative estimate of drug-likeness (QED) is 0.613. The predicted molar refractivity (Wildman–Crippen MR) is 102 cm³/mol. The number of benzene rings is 2. The maximum Gasteiger partial charge on any atom is 0.416 e. The second kappa shape index (κ2) is 8.23. The molecule has 150 valence electrons. The summed E-state index contributed by atoms with van der Waals surface area (Å²) in [5.74, 6) is 0.700. The van der Waals surface area contributed by atoms with Crippen LogP contribution in [0.15, 0.2) is 66.9 Å². The standard InChI is InChI=1S/C22H19F3N2O2/c23-22(24,25)19-7-4-16(5-8-19)17-6-9-21-18(11-17)12-27(14-28-15-29-21)13-20-3-1-2-10-26-20/h1-11H,12-15H2. The Kier molecular flexibility index (Phi) is 5.51. The Hall–Kier alpha value is -2.90. The molecule has 3 aromatic rings. The molecule has 0 bridgehead atoms. The third kappa shape index (κ3) is 4.75. The maximum absolute atomic E-state index is 12.8. The van der Waals surface area contributed by atoms with Crippen LogP contribution in [-0.4, -0.2) is 23.4 Å². The summed E-state index contributed by atoms with van der Waals surface area (Å²) < 4.78 is 49.7. The van der Waals surface area contributed by atoms with Crippen molar-refractivity contribution in [3.8, 4) is 16.9 Å². The van der Waals surface area contributed by atoms with Gasteiger partial charge in [0.1, 0.15) is 12.5 Å². The number of hydrogen-bond donors (Lipinski definition) is 0. The Morgan fingerprint density at radius 3 is 2.48 bits per heavy atom. The molecule has 29 heavy (non-hydrogen) atoms. The van der Waals surface area contributed by atoms with Gasteiger partial charge in [-0.2, -0.15) is 13.2 Å². The molecule has 0 fully saturated rings. The lowest BCUT2D eigenvalue weighted by atomic mass is 10.0. The number of halogens is 3. The van der Waals surface area contributed by atoms with Gasteiger partial charge in [0.05, 0.1) is 11.3 Å². The Labute approximate surface area is 166 Å². The highest BCUT2D eigenvalue weighted by molar-refractivity contribution is 5.66. The van der Waals surface area contributed by atoms with Crippen molar-refractivity contribution in [2.45, 2.75) is 19.3 Å². The summed E-state index contributed by atoms with van der Waals surface area (Å²) in [6.45, 7) is 1.71. The highest BCUT2D eigenvalue weighted by Gasteiger charge is 2.30. The van der Waals surface area contributed by atoms with E-state index in [0.29, 0.717) is 25.6 Å². The first kappa shape index (κ1) is 19.4. The number of nitrogens with zero attached hydrogens (tertiary/aromatic N) is 2. The fourth-order valence-electron chi connectivity index (χ4n) is 3.26. The minimum Gasteiger partial charge on any atom is -0.467 e. The fraction of sp³-hybridized carbons (Fsp3) is 0.227. The van der Waals surface area contributed by atoms with Crippen LogP contribution in [0.4, 0.5) is 13.2 Å². The molecule has 4 rings (SSSR count). The van der Waals surface area contributed by atoms with Crippen molar-refractivity contribution in [2.24, 2.45) is 0 Å². The number of alkyl halides is 3. The molecule has 0 amide bonds. The summed E-state index contributed by atoms with van der Waals surface area (Å²) in [6, 6.07) is 16.6. The molecule has 0 radical (unpaired) electrons. The molecule has 0 saturated heterocycles. The summed E-state index contributed by atoms with van der Waals surface area (Å²) >= 11 is 0. The van der Waals surface area contributed by atoms with Gasteiger partial charge in [-0.05, 0) is 47.5 Å². The highest BCUT2D eigenvalue weighted by atomic mass is 19.4. The molecule has 0 aliphatic carbocycles. The largest absolute Gasteiger partial charge is 0.467 e. The van der Waals surface area contributed by atoms with Crippen LogP contribution in [0.3, 0.4) is 0 Å². The van der Waals surface area contributed by atoms with E-state index in [0.717, 1.165) is 34.5 Å². The van der Waals surface area contributed by atoms with E-state index >= 15 is 0 Å². The smallest absolute Gasteiger partial charge is 0.416 e. The average molecular weight is 400 g/mol. The van der Waals surface area contributed by atoms with Crippen molar-refractivity contribution in [2.75, 3.05) is 13.5 Å². The Balaban J connectivity index is 1.59. The summed E-state index contributed by atoms with van der Waals surface area (Å²) in [4.78, 5) is 6.45. The fourth-order valence-corrected chi connectivity index (χ4v) is 3.26. The van der Waals surface area contributed by atoms with E-state index in [2.05, 4.69) is 9.88 Å². The third-order valence-electron chi connectivity index (χ3n) is 4.68. The second-order valence-electron chi connectivity index (χ2n) is 6.80. The number of aromatic nitrogens is 1. The van der Waals surface area contributed by atoms with Crippen LogP contribution in [0.2, 0.25) is 0 Å². The topological polar surface area (TPSA) is 34.6 Å². The molecule has 0 N–H and O–H groups in total. The van der Waals surface area contributed by atoms with Crippen LogP contribution in [0.25, 0.3) is 11.1 Å². The summed E-state index contributed by atoms with van der Waals surface area (Å²) in [7, 11) is 0. The Morgan fingerprint density at radius 1 is 0.966 bits per heavy atom. The summed E-state index contributed by atoms with van der Waals surface area (Å²) in [6.07, 6.45) is -2.59. The van der Waals surface area contributed by atoms with Crippen molar-refractivity contribution in [3.05, 3.63) is 83.7 Å². The first-order chi connectivity index (χ1) is 14.0. The van der Waals surface area contributed by atoms with Gasteiger partial charge in [-0.15, -0.1) is 0 Å². The van der Waals surface area contributed by atoms with E-state index in [4.69, 9.17) is 9.47 Å². The van der Waals surface area contributed by atoms with Crippen molar-refractivity contribution in [3.63, 3.8) is 0 Å². The molecule has 4 nitrogen and oxygen atoms in total. The van der Waals surface area contributed by atoms with Crippen LogP contribution < -0.4 is 4.74 Å². The van der Waals surface area contributed by atoms with Gasteiger partial charge in [0.25, 0.3) is 0 Å². The van der Waals surface area contributed by atoms with Gasteiger partial charge in [-0.3, -0.25) is 9.88 Å². The molecule has 1 aliphatic rings. The van der Waals surface area contributed by atoms with Gasteiger partial charge in [-0.25, -0.2) is 0 Å². The van der Waals surface area contributed by atoms with Crippen molar-refractivity contribution in [1.82, 2.24) is 9.88 Å². The van der Waals surface area contributed by atoms with E-state index in [1.54, 1.807) is 6.20 Å². The van der Waals surface area contributed by atoms with Crippen molar-refractivity contribution >= 4 is 0 Å². The lowest BCUT2D eigenvalue weighted by molar-refractivity contribution is -0.137. The zero-order valence-corrected chi connectivity index (χ0v) is 15.5. The number of ether oxygens (including phenoxy) is 2. The second-order valence-corrected chi connectivity index (χ2v) is 6.80. The molecule has 1 aliphatic heterocycles. The van der Waals surface area contributed by atoms with Gasteiger partial charge in [0, 0.05) is 24.8 Å². The molecule has 0 unspecified atom stereocenters. The zero-order chi connectivity index (χ0) is 20.3. The van der Waals surface area contributed by atoms with E-state index < -0.39 is 11.7 Å². The maximum atomic E-state index is 12.8. The van der Waals surface area contributed by atoms with Gasteiger partial charge in [0.2, 0.25) is 0 Å². The van der Waals surface area contributed by atoms with Gasteiger partial charge in [-0.1, -0.05) is 24.3 Å². The SMILES string of the molecule is FC(F)(F)c1ccc(-c2ccc3c(c2)CN(Cc2ccccn2)COCO3)cc1. The molecule has 0 spiro atoms. The van der Waals surface area contributed by atoms with Crippen LogP contribution in [0.5, 0.6) is 5.75 Å². The van der Waals surface area contributed by atoms with Crippen LogP contribution >= 0.6 is 0 Å². The molecule has 7 heteroatoms. The first-order valence-corrected chi connectivity index (χ1v) is 9.12. The third-order valence-corrected chi connectivity index (χ3v) is 4.68. The number of pyridine rings is 1. The molecule has 1 aromatic heterocycles. The number of fused-ring (bicyclic) bond motifs is 1. The summed E-state index contributed by atoms with van der Waals surface area (Å²) in [5.41, 5.74) is 2.77. The highest BCUT2D eigenvalue weighted by Crippen LogP contribution is 2.33. The molecular formula is C22H19F3N2O2. The van der Waals surface area contributed by atoms with Gasteiger partial charge in [0.15, 0.2) is 6.79 Å². The minimum absolute atomic E-state index is 0.130. The Morgan fingerprint density at radius 2 is 1.76 bits per heavy atom. The normalized spacial score (nSPS) is 15.1. The average Bonchev–Trinajstić information content (AvgIpc) is 2.70. The van der Waals surface area contributed by atoms with E-state index in [9.17, 15) is 13.2 Å². The van der Waals surface area contributed by atoms with Crippen molar-refractivity contribution < 1.29 is 22.6 Å². The van der Waals surface area contributed by atoms with Gasteiger partial charge >= 0.3 is 6.18 Å². The molecule has 0 saturated carbocycles. The lowest BCUT2D eigenvalue weighted by Gasteiger charge is -2.26. The van der Waals surface area contributed by atoms with Crippen LogP contribution in [-0.2, 0) is 24.0 Å². The van der Waals surface area contributed by atoms with E-state index in [1.165, 1.54) is 12.1 Å². The Bertz CT molecular complexity index is 960. The molecule has 0 atom stereocenters. The first-order valence-electron chi connectivity index (χ1n) is 9.12. The number of hydrogen-bond acceptors (Lipinski definition) is 4. The minimum atomic E-state index is -4.34. The van der Waals surface area contributed by atoms with Crippen LogP contribution in [0.1, 0.15) is 16.8 Å². The van der Waals surface area contributed by atoms with Crippen molar-refractivity contribution in [1.29, 1.82) is 0 Å². The monoisotopic (exact) mass is 400 g/mol. The lowest BCUT2D eigenvalue weighted by Crippen LogP contribution is -2.29. The molecular weight excluding hydrogens is 381 g/mol. The van der Waals surface area contributed by atoms with Crippen LogP contribution in [0, 0.1) is 0 Å². The summed E-state index contributed by atoms with van der Waals surface area (Å²) in [5, 5.41) is 0. The molecule has 2 aromatic carbocycles. The molecule has 2 heterocycles. The van der Waals surface area contributed by atoms with Gasteiger partial charge < -0.3 is 9.47 Å².